The number of nitrogens with zero attached hydrogens (tertiary/aromatic N) is 2. The average molecular weight is 381 g/mol. The fourth-order valence-corrected chi connectivity index (χ4v) is 2.90. The van der Waals surface area contributed by atoms with Crippen LogP contribution in [0.3, 0.4) is 0 Å². The maximum Gasteiger partial charge on any atom is 0.280 e. The standard InChI is InChI=1S/C21H20FN3O3/c1-2-3-12-25-17-7-5-4-6-16(17)19(26)18(21(25)28)20(27)24-23-13-14-8-10-15(22)11-9-14/h4-11,13,26H,2-3,12H2,1H3,(H,24,27)/b23-13+. The summed E-state index contributed by atoms with van der Waals surface area (Å²) in [7, 11) is 0. The van der Waals surface area contributed by atoms with E-state index in [2.05, 4.69) is 10.5 Å². The highest BCUT2D eigenvalue weighted by Gasteiger charge is 2.21. The number of hydrogen-bond acceptors (Lipinski definition) is 4. The smallest absolute Gasteiger partial charge is 0.280 e. The Morgan fingerprint density at radius 2 is 1.93 bits per heavy atom. The summed E-state index contributed by atoms with van der Waals surface area (Å²) < 4.78 is 14.4. The predicted octanol–water partition coefficient (Wildman–Crippen LogP) is 3.41. The van der Waals surface area contributed by atoms with E-state index in [4.69, 9.17) is 0 Å². The molecule has 2 aromatic carbocycles. The van der Waals surface area contributed by atoms with Gasteiger partial charge in [-0.1, -0.05) is 37.6 Å². The summed E-state index contributed by atoms with van der Waals surface area (Å²) in [4.78, 5) is 25.4. The van der Waals surface area contributed by atoms with E-state index in [0.717, 1.165) is 12.8 Å². The molecule has 0 saturated heterocycles. The van der Waals surface area contributed by atoms with Crippen LogP contribution in [0.5, 0.6) is 5.75 Å². The molecule has 1 aromatic heterocycles. The number of unbranched alkanes of at least 4 members (excludes halogenated alkanes) is 1. The second kappa shape index (κ2) is 8.47. The van der Waals surface area contributed by atoms with Crippen molar-refractivity contribution in [1.82, 2.24) is 9.99 Å². The highest BCUT2D eigenvalue weighted by Crippen LogP contribution is 2.26. The highest BCUT2D eigenvalue weighted by molar-refractivity contribution is 6.02. The molecular weight excluding hydrogens is 361 g/mol. The molecule has 0 aliphatic rings. The lowest BCUT2D eigenvalue weighted by molar-refractivity contribution is 0.0950. The molecule has 1 amide bonds. The van der Waals surface area contributed by atoms with Crippen molar-refractivity contribution in [1.29, 1.82) is 0 Å². The van der Waals surface area contributed by atoms with Gasteiger partial charge in [0, 0.05) is 11.9 Å². The third-order valence-electron chi connectivity index (χ3n) is 4.36. The van der Waals surface area contributed by atoms with Crippen LogP contribution >= 0.6 is 0 Å². The van der Waals surface area contributed by atoms with E-state index in [1.807, 2.05) is 6.92 Å². The minimum absolute atomic E-state index is 0.356. The maximum absolute atomic E-state index is 12.9. The van der Waals surface area contributed by atoms with Gasteiger partial charge in [-0.15, -0.1) is 0 Å². The molecule has 3 aromatic rings. The van der Waals surface area contributed by atoms with Crippen molar-refractivity contribution in [3.05, 3.63) is 75.8 Å². The molecule has 0 radical (unpaired) electrons. The van der Waals surface area contributed by atoms with E-state index in [-0.39, 0.29) is 17.1 Å². The number of carbonyl (C=O) groups excluding carboxylic acids is 1. The number of para-hydroxylation sites is 1. The second-order valence-electron chi connectivity index (χ2n) is 6.30. The van der Waals surface area contributed by atoms with Gasteiger partial charge in [0.1, 0.15) is 17.1 Å². The molecule has 0 bridgehead atoms. The highest BCUT2D eigenvalue weighted by atomic mass is 19.1. The molecule has 6 nitrogen and oxygen atoms in total. The van der Waals surface area contributed by atoms with Gasteiger partial charge >= 0.3 is 0 Å². The van der Waals surface area contributed by atoms with Crippen molar-refractivity contribution < 1.29 is 14.3 Å². The first kappa shape index (κ1) is 19.3. The number of hydrogen-bond donors (Lipinski definition) is 2. The molecule has 0 aliphatic carbocycles. The van der Waals surface area contributed by atoms with Crippen LogP contribution in [-0.2, 0) is 6.54 Å². The Morgan fingerprint density at radius 1 is 1.21 bits per heavy atom. The fraction of sp³-hybridized carbons (Fsp3) is 0.190. The Bertz CT molecular complexity index is 1090. The zero-order chi connectivity index (χ0) is 20.1. The van der Waals surface area contributed by atoms with Crippen molar-refractivity contribution in [3.8, 4) is 5.75 Å². The van der Waals surface area contributed by atoms with Crippen LogP contribution in [-0.4, -0.2) is 21.8 Å². The Labute approximate surface area is 160 Å². The van der Waals surface area contributed by atoms with E-state index < -0.39 is 11.5 Å². The molecule has 0 aliphatic heterocycles. The van der Waals surface area contributed by atoms with Crippen LogP contribution in [0.15, 0.2) is 58.4 Å². The normalized spacial score (nSPS) is 11.2. The van der Waals surface area contributed by atoms with E-state index >= 15 is 0 Å². The van der Waals surface area contributed by atoms with Crippen LogP contribution in [0.25, 0.3) is 10.9 Å². The Hall–Kier alpha value is -3.48. The van der Waals surface area contributed by atoms with Gasteiger partial charge < -0.3 is 9.67 Å². The van der Waals surface area contributed by atoms with Crippen molar-refractivity contribution in [3.63, 3.8) is 0 Å². The monoisotopic (exact) mass is 381 g/mol. The number of amides is 1. The SMILES string of the molecule is CCCCn1c(=O)c(C(=O)N/N=C/c2ccc(F)cc2)c(O)c2ccccc21. The molecule has 28 heavy (non-hydrogen) atoms. The minimum atomic E-state index is -0.808. The van der Waals surface area contributed by atoms with Crippen molar-refractivity contribution in [2.45, 2.75) is 26.3 Å². The molecule has 1 heterocycles. The number of nitrogens with one attached hydrogen (secondary N) is 1. The summed E-state index contributed by atoms with van der Waals surface area (Å²) in [6, 6.07) is 12.4. The molecule has 0 atom stereocenters. The lowest BCUT2D eigenvalue weighted by Crippen LogP contribution is -2.31. The summed E-state index contributed by atoms with van der Waals surface area (Å²) in [6.07, 6.45) is 2.97. The van der Waals surface area contributed by atoms with Gasteiger partial charge in [0.2, 0.25) is 0 Å². The van der Waals surface area contributed by atoms with Gasteiger partial charge in [-0.2, -0.15) is 5.10 Å². The maximum atomic E-state index is 12.9. The fourth-order valence-electron chi connectivity index (χ4n) is 2.90. The van der Waals surface area contributed by atoms with Gasteiger partial charge in [-0.05, 0) is 36.2 Å². The molecule has 7 heteroatoms. The molecule has 144 valence electrons. The van der Waals surface area contributed by atoms with Gasteiger partial charge in [-0.3, -0.25) is 9.59 Å². The number of aromatic nitrogens is 1. The molecule has 0 fully saturated rings. The first-order valence-corrected chi connectivity index (χ1v) is 8.96. The lowest BCUT2D eigenvalue weighted by Gasteiger charge is -2.14. The van der Waals surface area contributed by atoms with Gasteiger partial charge in [0.25, 0.3) is 11.5 Å². The van der Waals surface area contributed by atoms with E-state index in [1.165, 1.54) is 35.0 Å². The van der Waals surface area contributed by atoms with Crippen LogP contribution in [0, 0.1) is 5.82 Å². The molecule has 0 saturated carbocycles. The van der Waals surface area contributed by atoms with Crippen molar-refractivity contribution >= 4 is 23.0 Å². The van der Waals surface area contributed by atoms with E-state index in [0.29, 0.717) is 23.0 Å². The number of pyridine rings is 1. The number of halogens is 1. The quantitative estimate of drug-likeness (QED) is 0.507. The predicted molar refractivity (Wildman–Crippen MR) is 106 cm³/mol. The largest absolute Gasteiger partial charge is 0.506 e. The van der Waals surface area contributed by atoms with Crippen molar-refractivity contribution in [2.75, 3.05) is 0 Å². The summed E-state index contributed by atoms with van der Waals surface area (Å²) >= 11 is 0. The average Bonchev–Trinajstić information content (AvgIpc) is 2.69. The number of benzene rings is 2. The van der Waals surface area contributed by atoms with Crippen LogP contribution in [0.2, 0.25) is 0 Å². The lowest BCUT2D eigenvalue weighted by atomic mass is 10.1. The van der Waals surface area contributed by atoms with Gasteiger partial charge in [0.05, 0.1) is 11.7 Å². The van der Waals surface area contributed by atoms with Gasteiger partial charge in [0.15, 0.2) is 0 Å². The molecule has 0 spiro atoms. The zero-order valence-electron chi connectivity index (χ0n) is 15.4. The summed E-state index contributed by atoms with van der Waals surface area (Å²) in [5.74, 6) is -1.56. The first-order chi connectivity index (χ1) is 13.5. The Kier molecular flexibility index (Phi) is 5.84. The zero-order valence-corrected chi connectivity index (χ0v) is 15.4. The summed E-state index contributed by atoms with van der Waals surface area (Å²) in [6.45, 7) is 2.45. The van der Waals surface area contributed by atoms with Crippen LogP contribution in [0.1, 0.15) is 35.7 Å². The molecule has 0 unspecified atom stereocenters. The summed E-state index contributed by atoms with van der Waals surface area (Å²) in [5, 5.41) is 14.7. The Morgan fingerprint density at radius 3 is 2.64 bits per heavy atom. The van der Waals surface area contributed by atoms with Crippen LogP contribution in [0.4, 0.5) is 4.39 Å². The number of fused-ring (bicyclic) bond motifs is 1. The van der Waals surface area contributed by atoms with Crippen molar-refractivity contribution in [2.24, 2.45) is 5.10 Å². The van der Waals surface area contributed by atoms with E-state index in [1.54, 1.807) is 24.3 Å². The molecular formula is C21H20FN3O3. The topological polar surface area (TPSA) is 83.7 Å². The van der Waals surface area contributed by atoms with E-state index in [9.17, 15) is 19.1 Å². The third kappa shape index (κ3) is 3.93. The number of hydrazone groups is 1. The summed E-state index contributed by atoms with van der Waals surface area (Å²) in [5.41, 5.74) is 2.48. The number of carbonyl (C=O) groups is 1. The molecule has 3 rings (SSSR count). The molecule has 2 N–H and O–H groups in total. The third-order valence-corrected chi connectivity index (χ3v) is 4.36. The Balaban J connectivity index is 1.96. The number of aromatic hydroxyl groups is 1. The minimum Gasteiger partial charge on any atom is -0.506 e. The van der Waals surface area contributed by atoms with Gasteiger partial charge in [-0.25, -0.2) is 9.82 Å². The number of aryl methyl sites for hydroxylation is 1. The first-order valence-electron chi connectivity index (χ1n) is 8.96. The second-order valence-corrected chi connectivity index (χ2v) is 6.30. The van der Waals surface area contributed by atoms with Crippen LogP contribution < -0.4 is 11.0 Å². The number of rotatable bonds is 6.